The zero-order valence-electron chi connectivity index (χ0n) is 21.8. The van der Waals surface area contributed by atoms with Gasteiger partial charge in [0.1, 0.15) is 10.6 Å². The number of fused-ring (bicyclic) bond motifs is 3. The van der Waals surface area contributed by atoms with E-state index >= 15 is 4.39 Å². The van der Waals surface area contributed by atoms with Gasteiger partial charge in [-0.25, -0.2) is 21.6 Å². The van der Waals surface area contributed by atoms with E-state index in [2.05, 4.69) is 5.32 Å². The number of rotatable bonds is 4. The van der Waals surface area contributed by atoms with Crippen molar-refractivity contribution in [3.63, 3.8) is 0 Å². The lowest BCUT2D eigenvalue weighted by Crippen LogP contribution is -2.58. The summed E-state index contributed by atoms with van der Waals surface area (Å²) in [5.74, 6) is -1.74. The molecule has 5 nitrogen and oxygen atoms in total. The summed E-state index contributed by atoms with van der Waals surface area (Å²) in [7, 11) is -4.67. The highest BCUT2D eigenvalue weighted by Crippen LogP contribution is 2.57. The van der Waals surface area contributed by atoms with Gasteiger partial charge in [0, 0.05) is 24.3 Å². The Labute approximate surface area is 235 Å². The van der Waals surface area contributed by atoms with Crippen LogP contribution in [0, 0.1) is 5.82 Å². The number of halogens is 9. The van der Waals surface area contributed by atoms with Crippen LogP contribution in [0.4, 0.5) is 45.2 Å². The molecule has 1 saturated heterocycles. The average Bonchev–Trinajstić information content (AvgIpc) is 3.33. The zero-order chi connectivity index (χ0) is 30.9. The molecule has 0 spiro atoms. The van der Waals surface area contributed by atoms with E-state index in [1.165, 1.54) is 0 Å². The van der Waals surface area contributed by atoms with Crippen molar-refractivity contribution in [3.8, 4) is 0 Å². The number of amides is 1. The summed E-state index contributed by atoms with van der Waals surface area (Å²) in [6.45, 7) is -0.799. The highest BCUT2D eigenvalue weighted by molar-refractivity contribution is 7.92. The first-order chi connectivity index (χ1) is 19.4. The summed E-state index contributed by atoms with van der Waals surface area (Å²) in [5.41, 5.74) is -10.7. The van der Waals surface area contributed by atoms with E-state index in [9.17, 15) is 48.3 Å². The maximum absolute atomic E-state index is 15.8. The molecule has 3 aliphatic rings. The second-order valence-corrected chi connectivity index (χ2v) is 13.1. The minimum atomic E-state index is -6.40. The average molecular weight is 629 g/mol. The lowest BCUT2D eigenvalue weighted by molar-refractivity contribution is -0.348. The highest BCUT2D eigenvalue weighted by Gasteiger charge is 2.74. The van der Waals surface area contributed by atoms with Crippen LogP contribution in [0.15, 0.2) is 47.4 Å². The Hall–Kier alpha value is -2.97. The summed E-state index contributed by atoms with van der Waals surface area (Å²) < 4.78 is 152. The molecule has 0 aromatic heterocycles. The number of benzene rings is 2. The molecule has 0 radical (unpaired) electrons. The normalized spacial score (nSPS) is 24.5. The Bertz CT molecular complexity index is 1470. The summed E-state index contributed by atoms with van der Waals surface area (Å²) in [5, 5.41) is 2.57. The van der Waals surface area contributed by atoms with Crippen LogP contribution < -0.4 is 5.32 Å². The molecular weight excluding hydrogens is 603 g/mol. The molecule has 1 aliphatic carbocycles. The summed E-state index contributed by atoms with van der Waals surface area (Å²) >= 11 is 0. The van der Waals surface area contributed by atoms with Gasteiger partial charge in [-0.2, -0.15) is 26.3 Å². The van der Waals surface area contributed by atoms with Gasteiger partial charge in [-0.15, -0.1) is 0 Å². The van der Waals surface area contributed by atoms with Crippen molar-refractivity contribution in [2.24, 2.45) is 0 Å². The quantitative estimate of drug-likeness (QED) is 0.311. The van der Waals surface area contributed by atoms with Gasteiger partial charge in [-0.1, -0.05) is 18.6 Å². The molecule has 2 heterocycles. The van der Waals surface area contributed by atoms with Gasteiger partial charge in [0.15, 0.2) is 15.5 Å². The molecule has 1 amide bonds. The van der Waals surface area contributed by atoms with E-state index in [1.54, 1.807) is 0 Å². The van der Waals surface area contributed by atoms with Crippen LogP contribution in [-0.4, -0.2) is 56.4 Å². The topological polar surface area (TPSA) is 66.5 Å². The van der Waals surface area contributed by atoms with Crippen molar-refractivity contribution in [2.75, 3.05) is 18.4 Å². The van der Waals surface area contributed by atoms with Crippen molar-refractivity contribution < 1.29 is 52.7 Å². The summed E-state index contributed by atoms with van der Waals surface area (Å²) in [6, 6.07) is 3.38. The molecule has 15 heteroatoms. The molecule has 2 atom stereocenters. The number of anilines is 1. The maximum Gasteiger partial charge on any atom is 0.435 e. The predicted molar refractivity (Wildman–Crippen MR) is 132 cm³/mol. The number of carbonyl (C=O) groups excluding carboxylic acids is 1. The van der Waals surface area contributed by atoms with Gasteiger partial charge >= 0.3 is 18.0 Å². The van der Waals surface area contributed by atoms with Crippen LogP contribution in [0.1, 0.15) is 49.7 Å². The molecule has 42 heavy (non-hydrogen) atoms. The van der Waals surface area contributed by atoms with Gasteiger partial charge in [-0.05, 0) is 68.0 Å². The smallest absolute Gasteiger partial charge is 0.383 e. The minimum absolute atomic E-state index is 0.0897. The maximum atomic E-state index is 15.8. The van der Waals surface area contributed by atoms with Crippen LogP contribution in [-0.2, 0) is 25.0 Å². The molecule has 1 saturated carbocycles. The number of nitrogens with zero attached hydrogens (tertiary/aromatic N) is 1. The fourth-order valence-corrected chi connectivity index (χ4v) is 8.84. The minimum Gasteiger partial charge on any atom is -0.383 e. The highest BCUT2D eigenvalue weighted by atomic mass is 32.2. The summed E-state index contributed by atoms with van der Waals surface area (Å²) in [4.78, 5) is 14.1. The molecule has 2 unspecified atom stereocenters. The van der Waals surface area contributed by atoms with Crippen LogP contribution in [0.25, 0.3) is 0 Å². The number of hydrogen-bond donors (Lipinski definition) is 1. The first-order valence-electron chi connectivity index (χ1n) is 13.1. The van der Waals surface area contributed by atoms with E-state index in [4.69, 9.17) is 0 Å². The molecule has 0 bridgehead atoms. The number of alkyl halides is 8. The number of hydrogen-bond acceptors (Lipinski definition) is 4. The van der Waals surface area contributed by atoms with Gasteiger partial charge in [0.25, 0.3) is 5.91 Å². The third-order valence-electron chi connectivity index (χ3n) is 8.67. The van der Waals surface area contributed by atoms with E-state index in [0.717, 1.165) is 29.2 Å². The van der Waals surface area contributed by atoms with Crippen molar-refractivity contribution >= 4 is 21.4 Å². The Morgan fingerprint density at radius 2 is 1.48 bits per heavy atom. The monoisotopic (exact) mass is 628 g/mol. The van der Waals surface area contributed by atoms with Crippen molar-refractivity contribution in [3.05, 3.63) is 59.4 Å². The van der Waals surface area contributed by atoms with Crippen LogP contribution in [0.3, 0.4) is 0 Å². The molecule has 2 aromatic carbocycles. The first-order valence-corrected chi connectivity index (χ1v) is 14.6. The number of sulfone groups is 1. The molecule has 2 aliphatic heterocycles. The van der Waals surface area contributed by atoms with E-state index in [0.29, 0.717) is 25.3 Å². The largest absolute Gasteiger partial charge is 0.435 e. The molecule has 5 rings (SSSR count). The number of likely N-dealkylation sites (tertiary alicyclic amines) is 1. The first kappa shape index (κ1) is 30.5. The second kappa shape index (κ2) is 9.78. The molecular formula is C27H25F9N2O3S. The van der Waals surface area contributed by atoms with Crippen molar-refractivity contribution in [1.29, 1.82) is 0 Å². The summed E-state index contributed by atoms with van der Waals surface area (Å²) in [6.07, 6.45) is -11.8. The number of carbonyl (C=O) groups is 1. The van der Waals surface area contributed by atoms with Gasteiger partial charge < -0.3 is 10.2 Å². The fourth-order valence-electron chi connectivity index (χ4n) is 6.53. The van der Waals surface area contributed by atoms with Crippen LogP contribution in [0.5, 0.6) is 0 Å². The van der Waals surface area contributed by atoms with Crippen molar-refractivity contribution in [1.82, 2.24) is 4.90 Å². The predicted octanol–water partition coefficient (Wildman–Crippen LogP) is 6.48. The van der Waals surface area contributed by atoms with E-state index < -0.39 is 85.2 Å². The van der Waals surface area contributed by atoms with E-state index in [-0.39, 0.29) is 37.1 Å². The zero-order valence-corrected chi connectivity index (χ0v) is 22.6. The molecule has 1 N–H and O–H groups in total. The Kier molecular flexibility index (Phi) is 7.10. The van der Waals surface area contributed by atoms with E-state index in [1.807, 2.05) is 0 Å². The Morgan fingerprint density at radius 1 is 0.881 bits per heavy atom. The van der Waals surface area contributed by atoms with Gasteiger partial charge in [0.2, 0.25) is 0 Å². The van der Waals surface area contributed by atoms with Crippen molar-refractivity contribution in [2.45, 2.75) is 77.9 Å². The molecule has 2 aromatic rings. The van der Waals surface area contributed by atoms with Crippen LogP contribution >= 0.6 is 0 Å². The lowest BCUT2D eigenvalue weighted by Gasteiger charge is -2.44. The lowest BCUT2D eigenvalue weighted by atomic mass is 9.82. The molecule has 230 valence electrons. The third kappa shape index (κ3) is 4.28. The second-order valence-electron chi connectivity index (χ2n) is 10.9. The van der Waals surface area contributed by atoms with Gasteiger partial charge in [0.05, 0.1) is 10.9 Å². The van der Waals surface area contributed by atoms with Gasteiger partial charge in [-0.3, -0.25) is 4.79 Å². The standard InChI is InChI=1S/C27H25F9N2O3S/c28-17-5-7-18(8-6-17)42(40,41)24-12-13-38(22(39)23(29)10-2-1-3-11-23)21(24)15-37-20-14-16(4-9-19(20)24)25(30,26(31,32)33)27(34,35)36/h4-9,14,21,37H,1-3,10-13,15H2. The fraction of sp³-hybridized carbons (Fsp3) is 0.519. The number of nitrogens with one attached hydrogen (secondary N) is 1. The molecule has 2 fully saturated rings. The SMILES string of the molecule is O=C(N1CCC2(S(=O)(=O)c3ccc(F)cc3)c3ccc(C(F)(C(F)(F)F)C(F)(F)F)cc3NCC12)C1(F)CCCCC1. The Morgan fingerprint density at radius 3 is 2.05 bits per heavy atom. The third-order valence-corrected chi connectivity index (χ3v) is 11.2. The van der Waals surface area contributed by atoms with Crippen LogP contribution in [0.2, 0.25) is 0 Å². The Balaban J connectivity index is 1.69.